The van der Waals surface area contributed by atoms with Gasteiger partial charge in [-0.15, -0.1) is 0 Å². The molecule has 0 aliphatic carbocycles. The zero-order chi connectivity index (χ0) is 17.7. The molecule has 0 fully saturated rings. The molecular formula is C21H27O2P. The number of carbonyl (C=O) groups is 1. The van der Waals surface area contributed by atoms with Crippen LogP contribution in [0.4, 0.5) is 0 Å². The molecule has 0 saturated heterocycles. The minimum Gasteiger partial charge on any atom is -0.318 e. The number of rotatable bonds is 7. The summed E-state index contributed by atoms with van der Waals surface area (Å²) in [6.07, 6.45) is 3.30. The minimum absolute atomic E-state index is 0.141. The molecule has 128 valence electrons. The smallest absolute Gasteiger partial charge is 0.219 e. The SMILES string of the molecule is Cc1cc(C)c(C(=O)[PH](=O)CCCCc2ccccc2)c(C)c1C. The second-order valence-corrected chi connectivity index (χ2v) is 8.38. The van der Waals surface area contributed by atoms with Gasteiger partial charge in [0.05, 0.1) is 0 Å². The van der Waals surface area contributed by atoms with E-state index in [4.69, 9.17) is 0 Å². The van der Waals surface area contributed by atoms with Gasteiger partial charge >= 0.3 is 0 Å². The van der Waals surface area contributed by atoms with Gasteiger partial charge in [0.25, 0.3) is 0 Å². The van der Waals surface area contributed by atoms with Crippen molar-refractivity contribution in [1.29, 1.82) is 0 Å². The molecule has 2 aromatic rings. The third-order valence-electron chi connectivity index (χ3n) is 4.80. The number of hydrogen-bond acceptors (Lipinski definition) is 2. The molecule has 0 bridgehead atoms. The predicted molar refractivity (Wildman–Crippen MR) is 103 cm³/mol. The minimum atomic E-state index is -2.24. The van der Waals surface area contributed by atoms with Crippen LogP contribution in [0.2, 0.25) is 0 Å². The number of carbonyl (C=O) groups excluding carboxylic acids is 1. The highest BCUT2D eigenvalue weighted by Gasteiger charge is 2.20. The molecule has 0 aliphatic rings. The zero-order valence-corrected chi connectivity index (χ0v) is 16.1. The molecular weight excluding hydrogens is 315 g/mol. The molecule has 1 atom stereocenters. The lowest BCUT2D eigenvalue weighted by atomic mass is 9.95. The van der Waals surface area contributed by atoms with E-state index in [9.17, 15) is 9.36 Å². The molecule has 2 nitrogen and oxygen atoms in total. The monoisotopic (exact) mass is 342 g/mol. The highest BCUT2D eigenvalue weighted by atomic mass is 31.1. The molecule has 0 N–H and O–H groups in total. The average molecular weight is 342 g/mol. The second-order valence-electron chi connectivity index (χ2n) is 6.58. The van der Waals surface area contributed by atoms with Crippen LogP contribution in [-0.2, 0) is 11.0 Å². The van der Waals surface area contributed by atoms with E-state index in [-0.39, 0.29) is 5.52 Å². The van der Waals surface area contributed by atoms with Crippen molar-refractivity contribution < 1.29 is 9.36 Å². The summed E-state index contributed by atoms with van der Waals surface area (Å²) in [4.78, 5) is 12.6. The van der Waals surface area contributed by atoms with Crippen molar-refractivity contribution in [2.75, 3.05) is 6.16 Å². The molecule has 0 spiro atoms. The summed E-state index contributed by atoms with van der Waals surface area (Å²) < 4.78 is 12.5. The van der Waals surface area contributed by atoms with Gasteiger partial charge in [0.2, 0.25) is 5.52 Å². The van der Waals surface area contributed by atoms with Crippen LogP contribution in [0.25, 0.3) is 0 Å². The Morgan fingerprint density at radius 1 is 0.917 bits per heavy atom. The van der Waals surface area contributed by atoms with Crippen LogP contribution in [0, 0.1) is 27.7 Å². The number of aryl methyl sites for hydroxylation is 3. The maximum atomic E-state index is 12.6. The number of hydrogen-bond donors (Lipinski definition) is 0. The summed E-state index contributed by atoms with van der Waals surface area (Å²) in [5.74, 6) is 0. The van der Waals surface area contributed by atoms with E-state index in [0.717, 1.165) is 36.0 Å². The fraction of sp³-hybridized carbons (Fsp3) is 0.381. The predicted octanol–water partition coefficient (Wildman–Crippen LogP) is 5.64. The average Bonchev–Trinajstić information content (AvgIpc) is 2.57. The van der Waals surface area contributed by atoms with Crippen LogP contribution in [0.3, 0.4) is 0 Å². The Labute approximate surface area is 146 Å². The molecule has 2 aromatic carbocycles. The van der Waals surface area contributed by atoms with Gasteiger partial charge in [0.15, 0.2) is 0 Å². The van der Waals surface area contributed by atoms with Crippen LogP contribution in [0.15, 0.2) is 36.4 Å². The molecule has 1 unspecified atom stereocenters. The summed E-state index contributed by atoms with van der Waals surface area (Å²) in [6, 6.07) is 12.3. The van der Waals surface area contributed by atoms with Crippen LogP contribution >= 0.6 is 7.80 Å². The fourth-order valence-electron chi connectivity index (χ4n) is 3.15. The van der Waals surface area contributed by atoms with Crippen molar-refractivity contribution in [1.82, 2.24) is 0 Å². The lowest BCUT2D eigenvalue weighted by molar-refractivity contribution is 0.107. The standard InChI is InChI=1S/C21H27O2P/c1-15-14-16(2)20(18(4)17(15)3)21(22)24(23)13-9-8-12-19-10-6-5-7-11-19/h5-7,10-11,14,24H,8-9,12-13H2,1-4H3. The first kappa shape index (κ1) is 18.7. The molecule has 3 heteroatoms. The van der Waals surface area contributed by atoms with Crippen molar-refractivity contribution >= 4 is 13.3 Å². The fourth-order valence-corrected chi connectivity index (χ4v) is 4.61. The van der Waals surface area contributed by atoms with Gasteiger partial charge in [-0.2, -0.15) is 0 Å². The maximum absolute atomic E-state index is 12.6. The Hall–Kier alpha value is -1.66. The summed E-state index contributed by atoms with van der Waals surface area (Å²) >= 11 is 0. The van der Waals surface area contributed by atoms with Crippen LogP contribution in [0.5, 0.6) is 0 Å². The number of benzene rings is 2. The molecule has 24 heavy (non-hydrogen) atoms. The Kier molecular flexibility index (Phi) is 6.57. The van der Waals surface area contributed by atoms with Gasteiger partial charge in [0, 0.05) is 11.7 Å². The summed E-state index contributed by atoms with van der Waals surface area (Å²) in [5, 5.41) is 0. The van der Waals surface area contributed by atoms with Gasteiger partial charge in [0.1, 0.15) is 7.80 Å². The molecule has 0 amide bonds. The largest absolute Gasteiger partial charge is 0.318 e. The van der Waals surface area contributed by atoms with Crippen LogP contribution in [-0.4, -0.2) is 11.7 Å². The first-order valence-corrected chi connectivity index (χ1v) is 10.2. The Morgan fingerprint density at radius 2 is 1.58 bits per heavy atom. The van der Waals surface area contributed by atoms with Gasteiger partial charge in [-0.3, -0.25) is 4.79 Å². The van der Waals surface area contributed by atoms with Gasteiger partial charge in [-0.25, -0.2) is 0 Å². The zero-order valence-electron chi connectivity index (χ0n) is 15.1. The van der Waals surface area contributed by atoms with E-state index in [2.05, 4.69) is 19.1 Å². The summed E-state index contributed by atoms with van der Waals surface area (Å²) in [6.45, 7) is 7.98. The quantitative estimate of drug-likeness (QED) is 0.482. The highest BCUT2D eigenvalue weighted by molar-refractivity contribution is 7.64. The van der Waals surface area contributed by atoms with Crippen LogP contribution < -0.4 is 0 Å². The lowest BCUT2D eigenvalue weighted by Gasteiger charge is -2.14. The highest BCUT2D eigenvalue weighted by Crippen LogP contribution is 2.33. The second kappa shape index (κ2) is 8.44. The van der Waals surface area contributed by atoms with E-state index in [1.807, 2.05) is 45.0 Å². The van der Waals surface area contributed by atoms with Crippen molar-refractivity contribution in [2.24, 2.45) is 0 Å². The van der Waals surface area contributed by atoms with E-state index >= 15 is 0 Å². The van der Waals surface area contributed by atoms with Crippen molar-refractivity contribution in [3.8, 4) is 0 Å². The van der Waals surface area contributed by atoms with E-state index in [1.54, 1.807) is 0 Å². The van der Waals surface area contributed by atoms with Crippen molar-refractivity contribution in [3.05, 3.63) is 69.8 Å². The lowest BCUT2D eigenvalue weighted by Crippen LogP contribution is -2.05. The first-order valence-electron chi connectivity index (χ1n) is 8.60. The third kappa shape index (κ3) is 4.45. The van der Waals surface area contributed by atoms with Gasteiger partial charge in [-0.05, 0) is 74.8 Å². The normalized spacial score (nSPS) is 12.2. The summed E-state index contributed by atoms with van der Waals surface area (Å²) in [7, 11) is -2.24. The van der Waals surface area contributed by atoms with E-state index in [1.165, 1.54) is 11.1 Å². The van der Waals surface area contributed by atoms with E-state index < -0.39 is 7.80 Å². The molecule has 0 saturated carbocycles. The molecule has 0 radical (unpaired) electrons. The van der Waals surface area contributed by atoms with Crippen LogP contribution in [0.1, 0.15) is 51.0 Å². The maximum Gasteiger partial charge on any atom is 0.219 e. The number of unbranched alkanes of at least 4 members (excludes halogenated alkanes) is 1. The van der Waals surface area contributed by atoms with Gasteiger partial charge < -0.3 is 4.57 Å². The topological polar surface area (TPSA) is 34.1 Å². The van der Waals surface area contributed by atoms with Crippen molar-refractivity contribution in [3.63, 3.8) is 0 Å². The van der Waals surface area contributed by atoms with Gasteiger partial charge in [-0.1, -0.05) is 36.4 Å². The molecule has 2 rings (SSSR count). The Morgan fingerprint density at radius 3 is 2.25 bits per heavy atom. The Bertz CT molecular complexity index is 748. The Balaban J connectivity index is 1.96. The molecule has 0 heterocycles. The first-order chi connectivity index (χ1) is 11.4. The van der Waals surface area contributed by atoms with Crippen molar-refractivity contribution in [2.45, 2.75) is 47.0 Å². The third-order valence-corrected chi connectivity index (χ3v) is 6.36. The van der Waals surface area contributed by atoms with E-state index in [0.29, 0.717) is 11.7 Å². The molecule has 0 aromatic heterocycles. The molecule has 0 aliphatic heterocycles. The summed E-state index contributed by atoms with van der Waals surface area (Å²) in [5.41, 5.74) is 6.09.